The van der Waals surface area contributed by atoms with Crippen LogP contribution in [0.3, 0.4) is 0 Å². The smallest absolute Gasteiger partial charge is 0.416 e. The molecule has 0 spiro atoms. The third-order valence-electron chi connectivity index (χ3n) is 3.36. The molecule has 1 amide bonds. The maximum atomic E-state index is 12.9. The second-order valence-electron chi connectivity index (χ2n) is 6.99. The Morgan fingerprint density at radius 2 is 1.46 bits per heavy atom. The summed E-state index contributed by atoms with van der Waals surface area (Å²) in [4.78, 5) is 22.9. The van der Waals surface area contributed by atoms with E-state index in [0.29, 0.717) is 12.1 Å². The average molecular weight is 415 g/mol. The Bertz CT molecular complexity index is 690. The molecule has 1 atom stereocenters. The number of rotatable bonds is 5. The van der Waals surface area contributed by atoms with Crippen molar-refractivity contribution in [2.45, 2.75) is 57.6 Å². The van der Waals surface area contributed by atoms with Gasteiger partial charge in [0.2, 0.25) is 0 Å². The van der Waals surface area contributed by atoms with E-state index in [1.807, 2.05) is 5.32 Å². The number of carboxylic acids is 1. The molecular weight excluding hydrogens is 396 g/mol. The predicted octanol–water partition coefficient (Wildman–Crippen LogP) is 4.63. The molecule has 1 aromatic carbocycles. The first-order chi connectivity index (χ1) is 12.5. The number of nitrogens with one attached hydrogen (secondary N) is 1. The van der Waals surface area contributed by atoms with Gasteiger partial charge in [-0.2, -0.15) is 26.3 Å². The number of carbonyl (C=O) groups excluding carboxylic acids is 1. The van der Waals surface area contributed by atoms with Crippen LogP contribution >= 0.6 is 0 Å². The second-order valence-corrected chi connectivity index (χ2v) is 6.99. The lowest BCUT2D eigenvalue weighted by molar-refractivity contribution is -0.143. The zero-order chi connectivity index (χ0) is 21.9. The summed E-state index contributed by atoms with van der Waals surface area (Å²) < 4.78 is 82.0. The number of ether oxygens (including phenoxy) is 1. The van der Waals surface area contributed by atoms with Crippen molar-refractivity contribution in [3.63, 3.8) is 0 Å². The number of alkyl carbamates (subject to hydrolysis) is 1. The van der Waals surface area contributed by atoms with Crippen LogP contribution in [0.2, 0.25) is 0 Å². The van der Waals surface area contributed by atoms with Crippen LogP contribution in [0.4, 0.5) is 31.1 Å². The molecule has 0 saturated carbocycles. The van der Waals surface area contributed by atoms with E-state index in [4.69, 9.17) is 9.84 Å². The number of halogens is 6. The maximum Gasteiger partial charge on any atom is 0.416 e. The Hall–Kier alpha value is -2.46. The molecule has 0 unspecified atom stereocenters. The van der Waals surface area contributed by atoms with Gasteiger partial charge >= 0.3 is 24.4 Å². The standard InChI is InChI=1S/C17H19F6NO4/c1-15(2,3)28-14(27)24-12(13(25)26)5-4-9-6-10(16(18,19)20)8-11(7-9)17(21,22)23/h6-8,12H,4-5H2,1-3H3,(H,24,27)(H,25,26)/t12-/m1/s1. The Labute approximate surface area is 156 Å². The van der Waals surface area contributed by atoms with Crippen molar-refractivity contribution in [3.05, 3.63) is 34.9 Å². The Balaban J connectivity index is 3.01. The fraction of sp³-hybridized carbons (Fsp3) is 0.529. The van der Waals surface area contributed by atoms with Crippen LogP contribution in [-0.4, -0.2) is 28.8 Å². The van der Waals surface area contributed by atoms with Crippen molar-refractivity contribution in [2.24, 2.45) is 0 Å². The number of aliphatic carboxylic acids is 1. The molecule has 1 rings (SSSR count). The fourth-order valence-electron chi connectivity index (χ4n) is 2.18. The lowest BCUT2D eigenvalue weighted by Gasteiger charge is -2.22. The Morgan fingerprint density at radius 1 is 1.00 bits per heavy atom. The van der Waals surface area contributed by atoms with Crippen LogP contribution in [-0.2, 0) is 28.3 Å². The highest BCUT2D eigenvalue weighted by molar-refractivity contribution is 5.80. The van der Waals surface area contributed by atoms with Gasteiger partial charge in [0.15, 0.2) is 0 Å². The van der Waals surface area contributed by atoms with E-state index in [0.717, 1.165) is 0 Å². The topological polar surface area (TPSA) is 75.6 Å². The molecule has 5 nitrogen and oxygen atoms in total. The van der Waals surface area contributed by atoms with Crippen LogP contribution in [0.25, 0.3) is 0 Å². The lowest BCUT2D eigenvalue weighted by atomic mass is 9.99. The Morgan fingerprint density at radius 3 is 1.82 bits per heavy atom. The normalized spacial score (nSPS) is 13.8. The molecule has 0 aliphatic rings. The quantitative estimate of drug-likeness (QED) is 0.688. The first-order valence-electron chi connectivity index (χ1n) is 8.00. The largest absolute Gasteiger partial charge is 0.480 e. The second kappa shape index (κ2) is 8.27. The minimum absolute atomic E-state index is 0.0167. The van der Waals surface area contributed by atoms with Gasteiger partial charge in [-0.1, -0.05) is 0 Å². The van der Waals surface area contributed by atoms with E-state index in [9.17, 15) is 35.9 Å². The van der Waals surface area contributed by atoms with Gasteiger partial charge in [-0.15, -0.1) is 0 Å². The van der Waals surface area contributed by atoms with Crippen molar-refractivity contribution in [1.82, 2.24) is 5.32 Å². The SMILES string of the molecule is CC(C)(C)OC(=O)N[C@H](CCc1cc(C(F)(F)F)cc(C(F)(F)F)c1)C(=O)O. The Kier molecular flexibility index (Phi) is 6.97. The van der Waals surface area contributed by atoms with Gasteiger partial charge in [-0.3, -0.25) is 0 Å². The lowest BCUT2D eigenvalue weighted by Crippen LogP contribution is -2.43. The van der Waals surface area contributed by atoms with E-state index in [2.05, 4.69) is 0 Å². The molecule has 0 saturated heterocycles. The molecular formula is C17H19F6NO4. The number of hydrogen-bond donors (Lipinski definition) is 2. The summed E-state index contributed by atoms with van der Waals surface area (Å²) in [5.41, 5.74) is -4.27. The summed E-state index contributed by atoms with van der Waals surface area (Å²) in [7, 11) is 0. The summed E-state index contributed by atoms with van der Waals surface area (Å²) in [5.74, 6) is -1.51. The molecule has 28 heavy (non-hydrogen) atoms. The highest BCUT2D eigenvalue weighted by atomic mass is 19.4. The van der Waals surface area contributed by atoms with Crippen LogP contribution in [0.5, 0.6) is 0 Å². The van der Waals surface area contributed by atoms with Crippen LogP contribution in [0, 0.1) is 0 Å². The van der Waals surface area contributed by atoms with Crippen LogP contribution < -0.4 is 5.32 Å². The zero-order valence-corrected chi connectivity index (χ0v) is 15.2. The molecule has 0 aliphatic heterocycles. The highest BCUT2D eigenvalue weighted by Crippen LogP contribution is 2.36. The summed E-state index contributed by atoms with van der Waals surface area (Å²) in [6, 6.07) is -0.542. The van der Waals surface area contributed by atoms with Gasteiger partial charge in [0, 0.05) is 0 Å². The molecule has 158 valence electrons. The minimum atomic E-state index is -5.00. The number of alkyl halides is 6. The highest BCUT2D eigenvalue weighted by Gasteiger charge is 2.37. The number of benzene rings is 1. The van der Waals surface area contributed by atoms with Gasteiger partial charge in [-0.25, -0.2) is 9.59 Å². The molecule has 2 N–H and O–H groups in total. The van der Waals surface area contributed by atoms with Gasteiger partial charge in [0.05, 0.1) is 11.1 Å². The average Bonchev–Trinajstić information content (AvgIpc) is 2.47. The van der Waals surface area contributed by atoms with Crippen molar-refractivity contribution >= 4 is 12.1 Å². The van der Waals surface area contributed by atoms with Crippen molar-refractivity contribution < 1.29 is 45.8 Å². The molecule has 0 aliphatic carbocycles. The molecule has 0 aromatic heterocycles. The number of aryl methyl sites for hydroxylation is 1. The number of hydrogen-bond acceptors (Lipinski definition) is 3. The first kappa shape index (κ1) is 23.6. The third kappa shape index (κ3) is 7.65. The fourth-order valence-corrected chi connectivity index (χ4v) is 2.18. The number of carbonyl (C=O) groups is 2. The van der Waals surface area contributed by atoms with E-state index in [-0.39, 0.29) is 11.6 Å². The monoisotopic (exact) mass is 415 g/mol. The van der Waals surface area contributed by atoms with Crippen molar-refractivity contribution in [1.29, 1.82) is 0 Å². The predicted molar refractivity (Wildman–Crippen MR) is 85.6 cm³/mol. The minimum Gasteiger partial charge on any atom is -0.480 e. The maximum absolute atomic E-state index is 12.9. The molecule has 0 fully saturated rings. The van der Waals surface area contributed by atoms with E-state index >= 15 is 0 Å². The molecule has 0 heterocycles. The van der Waals surface area contributed by atoms with E-state index < -0.39 is 60.0 Å². The van der Waals surface area contributed by atoms with Gasteiger partial charge in [0.25, 0.3) is 0 Å². The van der Waals surface area contributed by atoms with E-state index in [1.54, 1.807) is 0 Å². The first-order valence-corrected chi connectivity index (χ1v) is 8.00. The van der Waals surface area contributed by atoms with Crippen LogP contribution in [0.1, 0.15) is 43.9 Å². The van der Waals surface area contributed by atoms with Gasteiger partial charge < -0.3 is 15.2 Å². The van der Waals surface area contributed by atoms with Crippen molar-refractivity contribution in [3.8, 4) is 0 Å². The molecule has 1 aromatic rings. The molecule has 0 radical (unpaired) electrons. The molecule has 0 bridgehead atoms. The van der Waals surface area contributed by atoms with Crippen molar-refractivity contribution in [2.75, 3.05) is 0 Å². The van der Waals surface area contributed by atoms with Crippen LogP contribution in [0.15, 0.2) is 18.2 Å². The number of amides is 1. The zero-order valence-electron chi connectivity index (χ0n) is 15.2. The van der Waals surface area contributed by atoms with Gasteiger partial charge in [0.1, 0.15) is 11.6 Å². The van der Waals surface area contributed by atoms with Gasteiger partial charge in [-0.05, 0) is 57.4 Å². The van der Waals surface area contributed by atoms with E-state index in [1.165, 1.54) is 20.8 Å². The summed E-state index contributed by atoms with van der Waals surface area (Å²) in [5, 5.41) is 11.2. The summed E-state index contributed by atoms with van der Waals surface area (Å²) in [6.07, 6.45) is -12.0. The number of carboxylic acid groups (broad SMARTS) is 1. The third-order valence-corrected chi connectivity index (χ3v) is 3.36. The molecule has 11 heteroatoms. The summed E-state index contributed by atoms with van der Waals surface area (Å²) >= 11 is 0. The summed E-state index contributed by atoms with van der Waals surface area (Å²) in [6.45, 7) is 4.59.